The zero-order chi connectivity index (χ0) is 8.97. The van der Waals surface area contributed by atoms with Crippen molar-refractivity contribution >= 4 is 14.1 Å². The molecule has 1 aromatic carbocycles. The van der Waals surface area contributed by atoms with E-state index in [1.165, 1.54) is 11.1 Å². The summed E-state index contributed by atoms with van der Waals surface area (Å²) in [5.74, 6) is 0. The van der Waals surface area contributed by atoms with Gasteiger partial charge in [0.15, 0.2) is 0 Å². The fourth-order valence-corrected chi connectivity index (χ4v) is 2.13. The average Bonchev–Trinajstić information content (AvgIpc) is 2.16. The topological polar surface area (TPSA) is 20.2 Å². The molecular formula is C10H15OP. The molecule has 0 aliphatic heterocycles. The van der Waals surface area contributed by atoms with E-state index in [2.05, 4.69) is 19.9 Å². The summed E-state index contributed by atoms with van der Waals surface area (Å²) in [6.07, 6.45) is 2.08. The maximum absolute atomic E-state index is 9.10. The molecule has 1 N–H and O–H groups in total. The Hall–Kier alpha value is -0.390. The molecule has 0 amide bonds. The van der Waals surface area contributed by atoms with Crippen LogP contribution in [0.1, 0.15) is 25.0 Å². The first-order chi connectivity index (χ1) is 5.83. The van der Waals surface area contributed by atoms with Gasteiger partial charge in [-0.25, -0.2) is 0 Å². The van der Waals surface area contributed by atoms with Gasteiger partial charge in [-0.3, -0.25) is 0 Å². The Bertz CT molecular complexity index is 236. The molecule has 0 spiro atoms. The lowest BCUT2D eigenvalue weighted by Gasteiger charge is -2.09. The molecule has 1 aromatic rings. The number of benzene rings is 1. The summed E-state index contributed by atoms with van der Waals surface area (Å²) in [6.45, 7) is 4.29. The molecule has 1 atom stereocenters. The number of hydrogen-bond acceptors (Lipinski definition) is 1. The minimum absolute atomic E-state index is 0.0649. The summed E-state index contributed by atoms with van der Waals surface area (Å²) in [5.41, 5.74) is 2.71. The molecule has 2 heteroatoms. The summed E-state index contributed by atoms with van der Waals surface area (Å²) in [4.78, 5) is 9.10. The molecule has 1 unspecified atom stereocenters. The van der Waals surface area contributed by atoms with E-state index in [0.29, 0.717) is 0 Å². The van der Waals surface area contributed by atoms with Crippen LogP contribution in [0.4, 0.5) is 0 Å². The van der Waals surface area contributed by atoms with Crippen molar-refractivity contribution in [1.82, 2.24) is 0 Å². The second kappa shape index (κ2) is 4.59. The van der Waals surface area contributed by atoms with Crippen LogP contribution in [0, 0.1) is 0 Å². The minimum atomic E-state index is -0.0649. The molecule has 1 nitrogen and oxygen atoms in total. The molecule has 0 aliphatic carbocycles. The monoisotopic (exact) mass is 182 g/mol. The average molecular weight is 182 g/mol. The Morgan fingerprint density at radius 1 is 1.25 bits per heavy atom. The van der Waals surface area contributed by atoms with Gasteiger partial charge < -0.3 is 4.89 Å². The third kappa shape index (κ3) is 1.85. The molecule has 0 aromatic heterocycles. The van der Waals surface area contributed by atoms with Gasteiger partial charge in [-0.2, -0.15) is 0 Å². The van der Waals surface area contributed by atoms with Crippen LogP contribution in [0.15, 0.2) is 18.2 Å². The molecule has 0 radical (unpaired) electrons. The lowest BCUT2D eigenvalue weighted by atomic mass is 10.0. The number of aryl methyl sites for hydroxylation is 1. The van der Waals surface area contributed by atoms with E-state index in [-0.39, 0.29) is 8.81 Å². The van der Waals surface area contributed by atoms with Crippen LogP contribution in [-0.4, -0.2) is 4.89 Å². The normalized spacial score (nSPS) is 11.2. The third-order valence-electron chi connectivity index (χ3n) is 2.13. The Morgan fingerprint density at radius 2 is 2.00 bits per heavy atom. The van der Waals surface area contributed by atoms with E-state index in [0.717, 1.165) is 18.1 Å². The Morgan fingerprint density at radius 3 is 2.50 bits per heavy atom. The van der Waals surface area contributed by atoms with Gasteiger partial charge in [-0.15, -0.1) is 0 Å². The van der Waals surface area contributed by atoms with Crippen molar-refractivity contribution in [2.24, 2.45) is 0 Å². The molecule has 0 heterocycles. The fraction of sp³-hybridized carbons (Fsp3) is 0.400. The van der Waals surface area contributed by atoms with Gasteiger partial charge >= 0.3 is 0 Å². The molecule has 0 saturated carbocycles. The summed E-state index contributed by atoms with van der Waals surface area (Å²) >= 11 is 0. The van der Waals surface area contributed by atoms with Gasteiger partial charge in [0.2, 0.25) is 0 Å². The van der Waals surface area contributed by atoms with Gasteiger partial charge in [0.05, 0.1) is 0 Å². The van der Waals surface area contributed by atoms with E-state index in [4.69, 9.17) is 4.89 Å². The minimum Gasteiger partial charge on any atom is -0.372 e. The molecule has 0 bridgehead atoms. The summed E-state index contributed by atoms with van der Waals surface area (Å²) in [5, 5.41) is 1.11. The van der Waals surface area contributed by atoms with Crippen molar-refractivity contribution in [1.29, 1.82) is 0 Å². The largest absolute Gasteiger partial charge is 0.372 e. The van der Waals surface area contributed by atoms with Gasteiger partial charge in [-0.05, 0) is 24.0 Å². The van der Waals surface area contributed by atoms with Gasteiger partial charge in [0.1, 0.15) is 0 Å². The highest BCUT2D eigenvalue weighted by Crippen LogP contribution is 2.14. The maximum atomic E-state index is 9.10. The summed E-state index contributed by atoms with van der Waals surface area (Å²) in [6, 6.07) is 6.18. The van der Waals surface area contributed by atoms with Crippen molar-refractivity contribution in [3.63, 3.8) is 0 Å². The van der Waals surface area contributed by atoms with Crippen molar-refractivity contribution in [3.8, 4) is 0 Å². The zero-order valence-electron chi connectivity index (χ0n) is 7.59. The molecule has 66 valence electrons. The standard InChI is InChI=1S/C10H15OP/c1-3-8-6-5-7-10(12-11)9(8)4-2/h5-7,11-12H,3-4H2,1-2H3. The second-order valence-electron chi connectivity index (χ2n) is 2.76. The first-order valence-electron chi connectivity index (χ1n) is 4.34. The fourth-order valence-electron chi connectivity index (χ4n) is 1.49. The van der Waals surface area contributed by atoms with E-state index in [9.17, 15) is 0 Å². The first-order valence-corrected chi connectivity index (χ1v) is 5.29. The van der Waals surface area contributed by atoms with E-state index < -0.39 is 0 Å². The quantitative estimate of drug-likeness (QED) is 0.709. The van der Waals surface area contributed by atoms with Crippen molar-refractivity contribution in [2.75, 3.05) is 0 Å². The lowest BCUT2D eigenvalue weighted by Crippen LogP contribution is -2.06. The summed E-state index contributed by atoms with van der Waals surface area (Å²) in [7, 11) is -0.0649. The van der Waals surface area contributed by atoms with Crippen molar-refractivity contribution in [3.05, 3.63) is 29.3 Å². The SMILES string of the molecule is CCc1cccc(PO)c1CC. The van der Waals surface area contributed by atoms with Crippen LogP contribution >= 0.6 is 8.81 Å². The van der Waals surface area contributed by atoms with E-state index in [1.54, 1.807) is 0 Å². The third-order valence-corrected chi connectivity index (χ3v) is 2.84. The van der Waals surface area contributed by atoms with Crippen molar-refractivity contribution in [2.45, 2.75) is 26.7 Å². The maximum Gasteiger partial charge on any atom is 0.0422 e. The van der Waals surface area contributed by atoms with Crippen LogP contribution in [0.3, 0.4) is 0 Å². The zero-order valence-corrected chi connectivity index (χ0v) is 8.59. The van der Waals surface area contributed by atoms with Crippen LogP contribution in [0.2, 0.25) is 0 Å². The first kappa shape index (κ1) is 9.70. The van der Waals surface area contributed by atoms with E-state index >= 15 is 0 Å². The van der Waals surface area contributed by atoms with Crippen LogP contribution in [0.25, 0.3) is 0 Å². The molecule has 1 rings (SSSR count). The predicted octanol–water partition coefficient (Wildman–Crippen LogP) is 2.02. The molecule has 0 aliphatic rings. The molecule has 0 saturated heterocycles. The number of rotatable bonds is 3. The number of hydrogen-bond donors (Lipinski definition) is 1. The molecule has 12 heavy (non-hydrogen) atoms. The highest BCUT2D eigenvalue weighted by Gasteiger charge is 2.03. The Labute approximate surface area is 75.7 Å². The van der Waals surface area contributed by atoms with Crippen molar-refractivity contribution < 1.29 is 4.89 Å². The smallest absolute Gasteiger partial charge is 0.0422 e. The second-order valence-corrected chi connectivity index (χ2v) is 3.52. The highest BCUT2D eigenvalue weighted by molar-refractivity contribution is 7.41. The highest BCUT2D eigenvalue weighted by atomic mass is 31.1. The van der Waals surface area contributed by atoms with Gasteiger partial charge in [-0.1, -0.05) is 32.0 Å². The molecular weight excluding hydrogens is 167 g/mol. The van der Waals surface area contributed by atoms with Gasteiger partial charge in [0, 0.05) is 14.1 Å². The Balaban J connectivity index is 3.13. The molecule has 0 fully saturated rings. The van der Waals surface area contributed by atoms with Crippen LogP contribution < -0.4 is 5.30 Å². The van der Waals surface area contributed by atoms with Crippen LogP contribution in [-0.2, 0) is 12.8 Å². The van der Waals surface area contributed by atoms with Crippen LogP contribution in [0.5, 0.6) is 0 Å². The predicted molar refractivity (Wildman–Crippen MR) is 55.4 cm³/mol. The Kier molecular flexibility index (Phi) is 3.71. The summed E-state index contributed by atoms with van der Waals surface area (Å²) < 4.78 is 0. The van der Waals surface area contributed by atoms with E-state index in [1.807, 2.05) is 12.1 Å². The van der Waals surface area contributed by atoms with Gasteiger partial charge in [0.25, 0.3) is 0 Å². The lowest BCUT2D eigenvalue weighted by molar-refractivity contribution is 0.654.